The second-order valence-electron chi connectivity index (χ2n) is 4.88. The van der Waals surface area contributed by atoms with Gasteiger partial charge in [0.2, 0.25) is 0 Å². The molecule has 0 radical (unpaired) electrons. The first-order valence-corrected chi connectivity index (χ1v) is 6.36. The summed E-state index contributed by atoms with van der Waals surface area (Å²) in [6.45, 7) is 3.39. The summed E-state index contributed by atoms with van der Waals surface area (Å²) in [7, 11) is 1.68. The molecule has 1 aromatic rings. The molecule has 0 saturated carbocycles. The van der Waals surface area contributed by atoms with Crippen LogP contribution in [0.4, 0.5) is 5.82 Å². The lowest BCUT2D eigenvalue weighted by Gasteiger charge is -2.37. The molecule has 0 spiro atoms. The van der Waals surface area contributed by atoms with Gasteiger partial charge in [-0.15, -0.1) is 0 Å². The van der Waals surface area contributed by atoms with Crippen LogP contribution < -0.4 is 15.0 Å². The molecule has 0 bridgehead atoms. The Labute approximate surface area is 102 Å². The van der Waals surface area contributed by atoms with Crippen molar-refractivity contribution >= 4 is 5.82 Å². The van der Waals surface area contributed by atoms with Gasteiger partial charge in [0, 0.05) is 25.7 Å². The largest absolute Gasteiger partial charge is 0.495 e. The summed E-state index contributed by atoms with van der Waals surface area (Å²) < 4.78 is 5.15. The fourth-order valence-electron chi connectivity index (χ4n) is 3.02. The molecule has 0 aromatic carbocycles. The topological polar surface area (TPSA) is 37.4 Å². The van der Waals surface area contributed by atoms with E-state index in [2.05, 4.69) is 21.3 Å². The SMILES string of the molecule is COc1ccc(N2CCCC3CNCC32)nc1. The third-order valence-electron chi connectivity index (χ3n) is 3.93. The normalized spacial score (nSPS) is 27.9. The highest BCUT2D eigenvalue weighted by atomic mass is 16.5. The first-order chi connectivity index (χ1) is 8.38. The second-order valence-corrected chi connectivity index (χ2v) is 4.88. The molecule has 0 amide bonds. The standard InChI is InChI=1S/C13H19N3O/c1-17-11-4-5-13(15-8-11)16-6-2-3-10-7-14-9-12(10)16/h4-5,8,10,12,14H,2-3,6-7,9H2,1H3. The van der Waals surface area contributed by atoms with Gasteiger partial charge in [-0.25, -0.2) is 4.98 Å². The van der Waals surface area contributed by atoms with Crippen molar-refractivity contribution < 1.29 is 4.74 Å². The van der Waals surface area contributed by atoms with Crippen molar-refractivity contribution in [3.63, 3.8) is 0 Å². The predicted octanol–water partition coefficient (Wildman–Crippen LogP) is 1.28. The smallest absolute Gasteiger partial charge is 0.137 e. The molecule has 1 aromatic heterocycles. The van der Waals surface area contributed by atoms with Crippen LogP contribution in [0, 0.1) is 5.92 Å². The number of hydrogen-bond donors (Lipinski definition) is 1. The Morgan fingerprint density at radius 3 is 3.12 bits per heavy atom. The molecule has 0 aliphatic carbocycles. The van der Waals surface area contributed by atoms with Crippen LogP contribution in [0.5, 0.6) is 5.75 Å². The molecule has 3 heterocycles. The minimum atomic E-state index is 0.629. The second kappa shape index (κ2) is 4.53. The lowest BCUT2D eigenvalue weighted by molar-refractivity contribution is 0.382. The number of nitrogens with one attached hydrogen (secondary N) is 1. The minimum absolute atomic E-state index is 0.629. The maximum atomic E-state index is 5.15. The summed E-state index contributed by atoms with van der Waals surface area (Å²) in [5, 5.41) is 3.49. The molecule has 2 aliphatic rings. The number of rotatable bonds is 2. The molecule has 2 saturated heterocycles. The first-order valence-electron chi connectivity index (χ1n) is 6.36. The average molecular weight is 233 g/mol. The Hall–Kier alpha value is -1.29. The average Bonchev–Trinajstić information content (AvgIpc) is 2.87. The Balaban J connectivity index is 1.81. The van der Waals surface area contributed by atoms with E-state index in [9.17, 15) is 0 Å². The van der Waals surface area contributed by atoms with Crippen LogP contribution in [0.15, 0.2) is 18.3 Å². The number of pyridine rings is 1. The Kier molecular flexibility index (Phi) is 2.89. The highest BCUT2D eigenvalue weighted by molar-refractivity contribution is 5.43. The summed E-state index contributed by atoms with van der Waals surface area (Å²) in [6.07, 6.45) is 4.43. The third kappa shape index (κ3) is 1.97. The van der Waals surface area contributed by atoms with E-state index in [1.165, 1.54) is 12.8 Å². The van der Waals surface area contributed by atoms with Gasteiger partial charge in [0.05, 0.1) is 13.3 Å². The van der Waals surface area contributed by atoms with Crippen molar-refractivity contribution in [3.05, 3.63) is 18.3 Å². The lowest BCUT2D eigenvalue weighted by atomic mass is 9.92. The molecule has 1 N–H and O–H groups in total. The quantitative estimate of drug-likeness (QED) is 0.835. The fourth-order valence-corrected chi connectivity index (χ4v) is 3.02. The highest BCUT2D eigenvalue weighted by Crippen LogP contribution is 2.30. The van der Waals surface area contributed by atoms with E-state index >= 15 is 0 Å². The zero-order valence-electron chi connectivity index (χ0n) is 10.2. The summed E-state index contributed by atoms with van der Waals surface area (Å²) in [5.41, 5.74) is 0. The van der Waals surface area contributed by atoms with Gasteiger partial charge in [-0.2, -0.15) is 0 Å². The van der Waals surface area contributed by atoms with E-state index in [1.54, 1.807) is 13.3 Å². The van der Waals surface area contributed by atoms with E-state index in [-0.39, 0.29) is 0 Å². The van der Waals surface area contributed by atoms with Crippen molar-refractivity contribution in [2.24, 2.45) is 5.92 Å². The molecular weight excluding hydrogens is 214 g/mol. The zero-order valence-corrected chi connectivity index (χ0v) is 10.2. The van der Waals surface area contributed by atoms with Gasteiger partial charge in [0.15, 0.2) is 0 Å². The van der Waals surface area contributed by atoms with Crippen LogP contribution in [0.2, 0.25) is 0 Å². The van der Waals surface area contributed by atoms with E-state index in [0.717, 1.165) is 37.1 Å². The maximum Gasteiger partial charge on any atom is 0.137 e. The molecule has 4 heteroatoms. The van der Waals surface area contributed by atoms with E-state index < -0.39 is 0 Å². The van der Waals surface area contributed by atoms with Crippen LogP contribution in [0.1, 0.15) is 12.8 Å². The number of ether oxygens (including phenoxy) is 1. The van der Waals surface area contributed by atoms with Crippen molar-refractivity contribution in [3.8, 4) is 5.75 Å². The van der Waals surface area contributed by atoms with Crippen molar-refractivity contribution in [1.82, 2.24) is 10.3 Å². The molecule has 17 heavy (non-hydrogen) atoms. The van der Waals surface area contributed by atoms with Gasteiger partial charge in [-0.05, 0) is 30.9 Å². The fraction of sp³-hybridized carbons (Fsp3) is 0.615. The molecule has 2 fully saturated rings. The highest BCUT2D eigenvalue weighted by Gasteiger charge is 2.35. The van der Waals surface area contributed by atoms with Gasteiger partial charge in [-0.1, -0.05) is 0 Å². The molecule has 2 aliphatic heterocycles. The molecule has 4 nitrogen and oxygen atoms in total. The van der Waals surface area contributed by atoms with Gasteiger partial charge < -0.3 is 15.0 Å². The van der Waals surface area contributed by atoms with Crippen molar-refractivity contribution in [2.75, 3.05) is 31.6 Å². The molecular formula is C13H19N3O. The van der Waals surface area contributed by atoms with Crippen molar-refractivity contribution in [1.29, 1.82) is 0 Å². The number of aromatic nitrogens is 1. The van der Waals surface area contributed by atoms with Gasteiger partial charge >= 0.3 is 0 Å². The van der Waals surface area contributed by atoms with Crippen LogP contribution >= 0.6 is 0 Å². The van der Waals surface area contributed by atoms with E-state index in [0.29, 0.717) is 6.04 Å². The van der Waals surface area contributed by atoms with Crippen molar-refractivity contribution in [2.45, 2.75) is 18.9 Å². The zero-order chi connectivity index (χ0) is 11.7. The number of nitrogens with zero attached hydrogens (tertiary/aromatic N) is 2. The van der Waals surface area contributed by atoms with Gasteiger partial charge in [-0.3, -0.25) is 0 Å². The lowest BCUT2D eigenvalue weighted by Crippen LogP contribution is -2.45. The number of methoxy groups -OCH3 is 1. The van der Waals surface area contributed by atoms with Gasteiger partial charge in [0.1, 0.15) is 11.6 Å². The monoisotopic (exact) mass is 233 g/mol. The molecule has 2 unspecified atom stereocenters. The number of anilines is 1. The van der Waals surface area contributed by atoms with Gasteiger partial charge in [0.25, 0.3) is 0 Å². The summed E-state index contributed by atoms with van der Waals surface area (Å²) in [6, 6.07) is 4.69. The molecule has 2 atom stereocenters. The number of piperidine rings is 1. The third-order valence-corrected chi connectivity index (χ3v) is 3.93. The van der Waals surface area contributed by atoms with E-state index in [1.807, 2.05) is 6.07 Å². The maximum absolute atomic E-state index is 5.15. The Bertz CT molecular complexity index is 379. The Morgan fingerprint density at radius 1 is 1.41 bits per heavy atom. The van der Waals surface area contributed by atoms with Crippen LogP contribution in [-0.4, -0.2) is 37.8 Å². The predicted molar refractivity (Wildman–Crippen MR) is 67.5 cm³/mol. The summed E-state index contributed by atoms with van der Waals surface area (Å²) >= 11 is 0. The van der Waals surface area contributed by atoms with Crippen LogP contribution in [0.25, 0.3) is 0 Å². The first kappa shape index (κ1) is 10.8. The number of hydrogen-bond acceptors (Lipinski definition) is 4. The van der Waals surface area contributed by atoms with Crippen LogP contribution in [-0.2, 0) is 0 Å². The van der Waals surface area contributed by atoms with Crippen LogP contribution in [0.3, 0.4) is 0 Å². The summed E-state index contributed by atoms with van der Waals surface area (Å²) in [5.74, 6) is 2.71. The number of fused-ring (bicyclic) bond motifs is 1. The van der Waals surface area contributed by atoms with E-state index in [4.69, 9.17) is 4.74 Å². The Morgan fingerprint density at radius 2 is 2.35 bits per heavy atom. The minimum Gasteiger partial charge on any atom is -0.495 e. The summed E-state index contributed by atoms with van der Waals surface area (Å²) in [4.78, 5) is 6.96. The molecule has 92 valence electrons. The molecule has 3 rings (SSSR count).